The molecule has 2 N–H and O–H groups in total. The van der Waals surface area contributed by atoms with Gasteiger partial charge in [0.15, 0.2) is 5.11 Å². The summed E-state index contributed by atoms with van der Waals surface area (Å²) >= 11 is 6.37. The Bertz CT molecular complexity index is 1160. The number of thiocarbonyl (C=S) groups is 1. The lowest BCUT2D eigenvalue weighted by molar-refractivity contribution is -0.384. The number of nitro groups is 1. The van der Waals surface area contributed by atoms with Gasteiger partial charge in [-0.3, -0.25) is 20.2 Å². The third kappa shape index (κ3) is 3.94. The first kappa shape index (κ1) is 20.1. The summed E-state index contributed by atoms with van der Waals surface area (Å²) < 4.78 is 8.46. The van der Waals surface area contributed by atoms with Gasteiger partial charge in [0, 0.05) is 24.7 Å². The number of rotatable bonds is 4. The van der Waals surface area contributed by atoms with Gasteiger partial charge in [0.1, 0.15) is 16.7 Å². The summed E-state index contributed by atoms with van der Waals surface area (Å²) in [5.41, 5.74) is 3.58. The number of hydrogen-bond donors (Lipinski definition) is 2. The van der Waals surface area contributed by atoms with E-state index in [1.54, 1.807) is 12.1 Å². The van der Waals surface area contributed by atoms with Gasteiger partial charge in [0.25, 0.3) is 11.6 Å². The van der Waals surface area contributed by atoms with E-state index in [0.717, 1.165) is 48.7 Å². The molecule has 3 aromatic rings. The van der Waals surface area contributed by atoms with Crippen LogP contribution in [0.4, 0.5) is 17.1 Å². The standard InChI is InChI=1S/C19H18N6O3S2/c1-11-4-6-13-17(23-30-22-13)16(11)20-19(29)21-18(26)12-5-7-14(15(10-12)25(27)28)24-8-2-3-9-24/h4-7,10H,2-3,8-9H2,1H3,(H2,20,21,26,29). The van der Waals surface area contributed by atoms with Crippen molar-refractivity contribution >= 4 is 63.1 Å². The van der Waals surface area contributed by atoms with Crippen LogP contribution in [0.15, 0.2) is 30.3 Å². The lowest BCUT2D eigenvalue weighted by Crippen LogP contribution is -2.34. The first-order valence-electron chi connectivity index (χ1n) is 9.31. The minimum Gasteiger partial charge on any atom is -0.366 e. The first-order valence-corrected chi connectivity index (χ1v) is 10.5. The predicted octanol–water partition coefficient (Wildman–Crippen LogP) is 3.63. The smallest absolute Gasteiger partial charge is 0.293 e. The average Bonchev–Trinajstić information content (AvgIpc) is 3.41. The van der Waals surface area contributed by atoms with Crippen LogP contribution in [0.25, 0.3) is 11.0 Å². The topological polar surface area (TPSA) is 113 Å². The van der Waals surface area contributed by atoms with Gasteiger partial charge in [-0.05, 0) is 55.7 Å². The molecule has 1 aromatic heterocycles. The Balaban J connectivity index is 1.52. The van der Waals surface area contributed by atoms with Crippen LogP contribution in [-0.4, -0.2) is 37.8 Å². The largest absolute Gasteiger partial charge is 0.366 e. The van der Waals surface area contributed by atoms with Crippen molar-refractivity contribution < 1.29 is 9.72 Å². The molecule has 0 saturated carbocycles. The summed E-state index contributed by atoms with van der Waals surface area (Å²) in [6, 6.07) is 8.25. The molecule has 0 spiro atoms. The molecule has 2 heterocycles. The third-order valence-corrected chi connectivity index (χ3v) is 5.73. The van der Waals surface area contributed by atoms with E-state index in [1.807, 2.05) is 24.0 Å². The maximum atomic E-state index is 12.7. The molecule has 1 aliphatic rings. The monoisotopic (exact) mass is 442 g/mol. The zero-order chi connectivity index (χ0) is 21.3. The van der Waals surface area contributed by atoms with Crippen LogP contribution >= 0.6 is 23.9 Å². The van der Waals surface area contributed by atoms with Gasteiger partial charge >= 0.3 is 0 Å². The van der Waals surface area contributed by atoms with Gasteiger partial charge < -0.3 is 10.2 Å². The lowest BCUT2D eigenvalue weighted by atomic mass is 10.1. The van der Waals surface area contributed by atoms with E-state index in [4.69, 9.17) is 12.2 Å². The molecule has 1 aliphatic heterocycles. The minimum absolute atomic E-state index is 0.0786. The van der Waals surface area contributed by atoms with E-state index in [0.29, 0.717) is 16.9 Å². The van der Waals surface area contributed by atoms with Crippen molar-refractivity contribution in [1.82, 2.24) is 14.1 Å². The van der Waals surface area contributed by atoms with Crippen molar-refractivity contribution in [2.45, 2.75) is 19.8 Å². The number of nitrogens with zero attached hydrogens (tertiary/aromatic N) is 4. The van der Waals surface area contributed by atoms with Crippen LogP contribution in [0.5, 0.6) is 0 Å². The highest BCUT2D eigenvalue weighted by atomic mass is 32.1. The van der Waals surface area contributed by atoms with Crippen molar-refractivity contribution in [1.29, 1.82) is 0 Å². The van der Waals surface area contributed by atoms with E-state index in [1.165, 1.54) is 6.07 Å². The number of amides is 1. The van der Waals surface area contributed by atoms with Crippen LogP contribution < -0.4 is 15.5 Å². The molecule has 0 atom stereocenters. The van der Waals surface area contributed by atoms with Crippen molar-refractivity contribution in [3.63, 3.8) is 0 Å². The van der Waals surface area contributed by atoms with E-state index < -0.39 is 10.8 Å². The van der Waals surface area contributed by atoms with Crippen molar-refractivity contribution in [2.24, 2.45) is 0 Å². The fraction of sp³-hybridized carbons (Fsp3) is 0.263. The molecule has 1 fully saturated rings. The molecular formula is C19H18N6O3S2. The molecule has 1 saturated heterocycles. The summed E-state index contributed by atoms with van der Waals surface area (Å²) in [5, 5.41) is 17.2. The van der Waals surface area contributed by atoms with Crippen LogP contribution in [-0.2, 0) is 0 Å². The lowest BCUT2D eigenvalue weighted by Gasteiger charge is -2.18. The molecule has 1 amide bonds. The third-order valence-electron chi connectivity index (χ3n) is 4.98. The number of fused-ring (bicyclic) bond motifs is 1. The number of nitrogens with one attached hydrogen (secondary N) is 2. The Morgan fingerprint density at radius 3 is 2.73 bits per heavy atom. The fourth-order valence-electron chi connectivity index (χ4n) is 3.47. The number of benzene rings is 2. The SMILES string of the molecule is Cc1ccc2nsnc2c1NC(=S)NC(=O)c1ccc(N2CCCC2)c([N+](=O)[O-])c1. The molecule has 154 valence electrons. The summed E-state index contributed by atoms with van der Waals surface area (Å²) in [7, 11) is 0. The van der Waals surface area contributed by atoms with Crippen LogP contribution in [0.3, 0.4) is 0 Å². The first-order chi connectivity index (χ1) is 14.4. The van der Waals surface area contributed by atoms with Crippen molar-refractivity contribution in [3.8, 4) is 0 Å². The second-order valence-corrected chi connectivity index (χ2v) is 7.89. The molecule has 4 rings (SSSR count). The van der Waals surface area contributed by atoms with E-state index in [2.05, 4.69) is 19.4 Å². The number of nitro benzene ring substituents is 1. The van der Waals surface area contributed by atoms with Gasteiger partial charge in [-0.15, -0.1) is 0 Å². The van der Waals surface area contributed by atoms with Gasteiger partial charge in [-0.25, -0.2) is 0 Å². The average molecular weight is 443 g/mol. The molecule has 0 aliphatic carbocycles. The molecular weight excluding hydrogens is 424 g/mol. The minimum atomic E-state index is -0.523. The number of hydrogen-bond acceptors (Lipinski definition) is 8. The second-order valence-electron chi connectivity index (χ2n) is 6.95. The van der Waals surface area contributed by atoms with E-state index in [9.17, 15) is 14.9 Å². The van der Waals surface area contributed by atoms with Gasteiger partial charge in [-0.1, -0.05) is 6.07 Å². The number of carbonyl (C=O) groups excluding carboxylic acids is 1. The van der Waals surface area contributed by atoms with Gasteiger partial charge in [0.05, 0.1) is 22.3 Å². The Morgan fingerprint density at radius 1 is 1.23 bits per heavy atom. The van der Waals surface area contributed by atoms with Crippen molar-refractivity contribution in [2.75, 3.05) is 23.3 Å². The zero-order valence-corrected chi connectivity index (χ0v) is 17.7. The molecule has 0 bridgehead atoms. The van der Waals surface area contributed by atoms with Crippen molar-refractivity contribution in [3.05, 3.63) is 51.6 Å². The maximum absolute atomic E-state index is 12.7. The highest BCUT2D eigenvalue weighted by Gasteiger charge is 2.24. The fourth-order valence-corrected chi connectivity index (χ4v) is 4.20. The summed E-state index contributed by atoms with van der Waals surface area (Å²) in [6.07, 6.45) is 2.00. The van der Waals surface area contributed by atoms with Crippen LogP contribution in [0.1, 0.15) is 28.8 Å². The maximum Gasteiger partial charge on any atom is 0.293 e. The highest BCUT2D eigenvalue weighted by Crippen LogP contribution is 2.31. The number of carbonyl (C=O) groups is 1. The Hall–Kier alpha value is -3.18. The molecule has 0 radical (unpaired) electrons. The highest BCUT2D eigenvalue weighted by molar-refractivity contribution is 7.80. The number of anilines is 2. The summed E-state index contributed by atoms with van der Waals surface area (Å²) in [5.74, 6) is -0.523. The molecule has 30 heavy (non-hydrogen) atoms. The Morgan fingerprint density at radius 2 is 2.00 bits per heavy atom. The summed E-state index contributed by atoms with van der Waals surface area (Å²) in [6.45, 7) is 3.44. The second kappa shape index (κ2) is 8.28. The predicted molar refractivity (Wildman–Crippen MR) is 120 cm³/mol. The van der Waals surface area contributed by atoms with Gasteiger partial charge in [-0.2, -0.15) is 8.75 Å². The number of aromatic nitrogens is 2. The Kier molecular flexibility index (Phi) is 5.55. The van der Waals surface area contributed by atoms with Crippen LogP contribution in [0, 0.1) is 17.0 Å². The van der Waals surface area contributed by atoms with E-state index in [-0.39, 0.29) is 16.4 Å². The normalized spacial score (nSPS) is 13.4. The number of aryl methyl sites for hydroxylation is 1. The molecule has 0 unspecified atom stereocenters. The van der Waals surface area contributed by atoms with Crippen LogP contribution in [0.2, 0.25) is 0 Å². The van der Waals surface area contributed by atoms with Gasteiger partial charge in [0.2, 0.25) is 0 Å². The molecule has 9 nitrogen and oxygen atoms in total. The molecule has 2 aromatic carbocycles. The zero-order valence-electron chi connectivity index (χ0n) is 16.0. The summed E-state index contributed by atoms with van der Waals surface area (Å²) in [4.78, 5) is 25.7. The molecule has 11 heteroatoms. The quantitative estimate of drug-likeness (QED) is 0.358. The van der Waals surface area contributed by atoms with E-state index >= 15 is 0 Å². The Labute approximate surface area is 181 Å².